The van der Waals surface area contributed by atoms with Crippen LogP contribution in [-0.2, 0) is 4.74 Å². The van der Waals surface area contributed by atoms with Gasteiger partial charge in [-0.3, -0.25) is 0 Å². The van der Waals surface area contributed by atoms with Crippen molar-refractivity contribution in [2.75, 3.05) is 25.1 Å². The van der Waals surface area contributed by atoms with Crippen LogP contribution in [0.3, 0.4) is 0 Å². The Balaban J connectivity index is 2.28. The zero-order valence-electron chi connectivity index (χ0n) is 7.72. The topological polar surface area (TPSA) is 21.3 Å². The summed E-state index contributed by atoms with van der Waals surface area (Å²) in [7, 11) is 0. The molecule has 1 aromatic rings. The number of hydrogen-bond acceptors (Lipinski definition) is 2. The monoisotopic (exact) mass is 243 g/mol. The average molecular weight is 244 g/mol. The summed E-state index contributed by atoms with van der Waals surface area (Å²) in [5.74, 6) is 0. The van der Waals surface area contributed by atoms with Gasteiger partial charge in [0, 0.05) is 23.3 Å². The van der Waals surface area contributed by atoms with Crippen LogP contribution in [0.4, 0.5) is 5.69 Å². The zero-order chi connectivity index (χ0) is 9.52. The van der Waals surface area contributed by atoms with Gasteiger partial charge >= 0.3 is 0 Å². The van der Waals surface area contributed by atoms with E-state index in [9.17, 15) is 0 Å². The molecule has 0 aromatic heterocycles. The first kappa shape index (κ1) is 10.5. The smallest absolute Gasteiger partial charge is 0.0638 e. The molecule has 2 nitrogen and oxygen atoms in total. The summed E-state index contributed by atoms with van der Waals surface area (Å²) in [6, 6.07) is 8.10. The van der Waals surface area contributed by atoms with Gasteiger partial charge in [0.1, 0.15) is 0 Å². The van der Waals surface area contributed by atoms with Crippen molar-refractivity contribution in [3.8, 4) is 0 Å². The second-order valence-corrected chi connectivity index (χ2v) is 3.55. The second kappa shape index (κ2) is 6.00. The van der Waals surface area contributed by atoms with Gasteiger partial charge in [0.25, 0.3) is 0 Å². The maximum Gasteiger partial charge on any atom is 0.0638 e. The molecule has 0 heterocycles. The van der Waals surface area contributed by atoms with E-state index in [1.165, 1.54) is 0 Å². The lowest BCUT2D eigenvalue weighted by molar-refractivity contribution is 0.158. The van der Waals surface area contributed by atoms with Crippen molar-refractivity contribution in [3.63, 3.8) is 0 Å². The van der Waals surface area contributed by atoms with Crippen LogP contribution in [0.2, 0.25) is 0 Å². The SMILES string of the molecule is CCOCCNc1cccc(Br)c1. The third-order valence-corrected chi connectivity index (χ3v) is 2.10. The van der Waals surface area contributed by atoms with Gasteiger partial charge < -0.3 is 10.1 Å². The van der Waals surface area contributed by atoms with Gasteiger partial charge in [0.2, 0.25) is 0 Å². The molecule has 0 aliphatic rings. The van der Waals surface area contributed by atoms with E-state index in [1.54, 1.807) is 0 Å². The Morgan fingerprint density at radius 3 is 3.00 bits per heavy atom. The summed E-state index contributed by atoms with van der Waals surface area (Å²) in [5.41, 5.74) is 1.12. The van der Waals surface area contributed by atoms with Crippen LogP contribution in [0.25, 0.3) is 0 Å². The van der Waals surface area contributed by atoms with Crippen LogP contribution in [0.1, 0.15) is 6.92 Å². The van der Waals surface area contributed by atoms with Crippen molar-refractivity contribution in [1.82, 2.24) is 0 Å². The minimum absolute atomic E-state index is 0.753. The van der Waals surface area contributed by atoms with Crippen LogP contribution >= 0.6 is 15.9 Å². The van der Waals surface area contributed by atoms with Gasteiger partial charge in [-0.25, -0.2) is 0 Å². The standard InChI is InChI=1S/C10H14BrNO/c1-2-13-7-6-12-10-5-3-4-9(11)8-10/h3-5,8,12H,2,6-7H2,1H3. The van der Waals surface area contributed by atoms with E-state index in [2.05, 4.69) is 21.2 Å². The summed E-state index contributed by atoms with van der Waals surface area (Å²) in [6.45, 7) is 4.38. The molecule has 0 atom stereocenters. The highest BCUT2D eigenvalue weighted by atomic mass is 79.9. The molecule has 1 N–H and O–H groups in total. The number of benzene rings is 1. The van der Waals surface area contributed by atoms with Crippen molar-refractivity contribution < 1.29 is 4.74 Å². The first-order valence-electron chi connectivity index (χ1n) is 4.40. The van der Waals surface area contributed by atoms with Gasteiger partial charge in [-0.15, -0.1) is 0 Å². The largest absolute Gasteiger partial charge is 0.383 e. The minimum atomic E-state index is 0.753. The van der Waals surface area contributed by atoms with Gasteiger partial charge in [-0.1, -0.05) is 22.0 Å². The van der Waals surface area contributed by atoms with Crippen LogP contribution in [-0.4, -0.2) is 19.8 Å². The fourth-order valence-corrected chi connectivity index (χ4v) is 1.41. The lowest BCUT2D eigenvalue weighted by Gasteiger charge is -2.06. The molecule has 13 heavy (non-hydrogen) atoms. The summed E-state index contributed by atoms with van der Waals surface area (Å²) in [6.07, 6.45) is 0. The summed E-state index contributed by atoms with van der Waals surface area (Å²) >= 11 is 3.41. The molecule has 1 rings (SSSR count). The maximum atomic E-state index is 5.21. The lowest BCUT2D eigenvalue weighted by atomic mass is 10.3. The molecule has 3 heteroatoms. The number of rotatable bonds is 5. The Morgan fingerprint density at radius 2 is 2.31 bits per heavy atom. The number of ether oxygens (including phenoxy) is 1. The molecule has 0 fully saturated rings. The summed E-state index contributed by atoms with van der Waals surface area (Å²) in [5, 5.41) is 3.27. The molecular weight excluding hydrogens is 230 g/mol. The Kier molecular flexibility index (Phi) is 4.86. The van der Waals surface area contributed by atoms with Crippen LogP contribution < -0.4 is 5.32 Å². The summed E-state index contributed by atoms with van der Waals surface area (Å²) < 4.78 is 6.30. The quantitative estimate of drug-likeness (QED) is 0.804. The van der Waals surface area contributed by atoms with Crippen molar-refractivity contribution >= 4 is 21.6 Å². The third kappa shape index (κ3) is 4.29. The molecule has 0 saturated heterocycles. The predicted octanol–water partition coefficient (Wildman–Crippen LogP) is 2.90. The zero-order valence-corrected chi connectivity index (χ0v) is 9.30. The number of halogens is 1. The first-order chi connectivity index (χ1) is 6.33. The van der Waals surface area contributed by atoms with Crippen LogP contribution in [0.5, 0.6) is 0 Å². The molecule has 0 radical (unpaired) electrons. The first-order valence-corrected chi connectivity index (χ1v) is 5.19. The molecule has 0 bridgehead atoms. The van der Waals surface area contributed by atoms with E-state index in [0.29, 0.717) is 0 Å². The van der Waals surface area contributed by atoms with E-state index in [-0.39, 0.29) is 0 Å². The number of nitrogens with one attached hydrogen (secondary N) is 1. The van der Waals surface area contributed by atoms with E-state index < -0.39 is 0 Å². The van der Waals surface area contributed by atoms with Gasteiger partial charge in [0.15, 0.2) is 0 Å². The Labute approximate surface area is 87.4 Å². The van der Waals surface area contributed by atoms with Gasteiger partial charge in [0.05, 0.1) is 6.61 Å². The van der Waals surface area contributed by atoms with E-state index >= 15 is 0 Å². The fraction of sp³-hybridized carbons (Fsp3) is 0.400. The molecular formula is C10H14BrNO. The molecule has 0 aliphatic heterocycles. The molecule has 0 saturated carbocycles. The minimum Gasteiger partial charge on any atom is -0.383 e. The Bertz CT molecular complexity index is 252. The number of anilines is 1. The Morgan fingerprint density at radius 1 is 1.46 bits per heavy atom. The van der Waals surface area contributed by atoms with E-state index in [0.717, 1.165) is 29.9 Å². The lowest BCUT2D eigenvalue weighted by Crippen LogP contribution is -2.08. The highest BCUT2D eigenvalue weighted by Gasteiger charge is 1.91. The highest BCUT2D eigenvalue weighted by Crippen LogP contribution is 2.14. The van der Waals surface area contributed by atoms with Gasteiger partial charge in [-0.05, 0) is 25.1 Å². The Hall–Kier alpha value is -0.540. The molecule has 72 valence electrons. The number of hydrogen-bond donors (Lipinski definition) is 1. The molecule has 1 aromatic carbocycles. The normalized spacial score (nSPS) is 10.0. The highest BCUT2D eigenvalue weighted by molar-refractivity contribution is 9.10. The molecule has 0 amide bonds. The fourth-order valence-electron chi connectivity index (χ4n) is 1.01. The molecule has 0 spiro atoms. The van der Waals surface area contributed by atoms with Crippen LogP contribution in [0.15, 0.2) is 28.7 Å². The predicted molar refractivity (Wildman–Crippen MR) is 59.1 cm³/mol. The van der Waals surface area contributed by atoms with Crippen molar-refractivity contribution in [1.29, 1.82) is 0 Å². The maximum absolute atomic E-state index is 5.21. The average Bonchev–Trinajstić information content (AvgIpc) is 2.13. The van der Waals surface area contributed by atoms with Crippen molar-refractivity contribution in [2.24, 2.45) is 0 Å². The van der Waals surface area contributed by atoms with Gasteiger partial charge in [-0.2, -0.15) is 0 Å². The van der Waals surface area contributed by atoms with Crippen molar-refractivity contribution in [2.45, 2.75) is 6.92 Å². The van der Waals surface area contributed by atoms with E-state index in [1.807, 2.05) is 31.2 Å². The third-order valence-electron chi connectivity index (χ3n) is 1.60. The van der Waals surface area contributed by atoms with E-state index in [4.69, 9.17) is 4.74 Å². The summed E-state index contributed by atoms with van der Waals surface area (Å²) in [4.78, 5) is 0. The molecule has 0 aliphatic carbocycles. The van der Waals surface area contributed by atoms with Crippen molar-refractivity contribution in [3.05, 3.63) is 28.7 Å². The van der Waals surface area contributed by atoms with Crippen LogP contribution in [0, 0.1) is 0 Å². The molecule has 0 unspecified atom stereocenters. The second-order valence-electron chi connectivity index (χ2n) is 2.63.